The molecule has 2 rings (SSSR count). The highest BCUT2D eigenvalue weighted by Crippen LogP contribution is 2.15. The van der Waals surface area contributed by atoms with Gasteiger partial charge in [-0.2, -0.15) is 8.42 Å². The summed E-state index contributed by atoms with van der Waals surface area (Å²) in [7, 11) is -3.42. The van der Waals surface area contributed by atoms with E-state index >= 15 is 0 Å². The molecule has 0 saturated heterocycles. The van der Waals surface area contributed by atoms with Crippen LogP contribution in [0.5, 0.6) is 5.75 Å². The van der Waals surface area contributed by atoms with Crippen LogP contribution in [0.15, 0.2) is 54.6 Å². The minimum absolute atomic E-state index is 0.00887. The summed E-state index contributed by atoms with van der Waals surface area (Å²) in [6.07, 6.45) is 0.432. The summed E-state index contributed by atoms with van der Waals surface area (Å²) >= 11 is 0. The summed E-state index contributed by atoms with van der Waals surface area (Å²) in [5.74, 6) is 0.755. The minimum Gasteiger partial charge on any atom is -0.489 e. The van der Waals surface area contributed by atoms with E-state index < -0.39 is 10.1 Å². The van der Waals surface area contributed by atoms with Crippen molar-refractivity contribution < 1.29 is 17.3 Å². The lowest BCUT2D eigenvalue weighted by Gasteiger charge is -2.08. The van der Waals surface area contributed by atoms with Crippen LogP contribution < -0.4 is 4.74 Å². The van der Waals surface area contributed by atoms with Crippen molar-refractivity contribution in [3.63, 3.8) is 0 Å². The Balaban J connectivity index is 1.85. The van der Waals surface area contributed by atoms with E-state index in [2.05, 4.69) is 0 Å². The standard InChI is InChI=1S/C17H20O4S/c1-2-21-22(18,19)13-12-15-8-10-17(11-9-15)20-14-16-6-4-3-5-7-16/h3-11H,2,12-14H2,1H3. The minimum atomic E-state index is -3.42. The van der Waals surface area contributed by atoms with Gasteiger partial charge in [-0.05, 0) is 36.6 Å². The first kappa shape index (κ1) is 16.5. The van der Waals surface area contributed by atoms with Crippen LogP contribution in [0.1, 0.15) is 18.1 Å². The number of rotatable bonds is 8. The van der Waals surface area contributed by atoms with Gasteiger partial charge in [-0.25, -0.2) is 0 Å². The van der Waals surface area contributed by atoms with E-state index in [9.17, 15) is 8.42 Å². The molecule has 0 spiro atoms. The maximum atomic E-state index is 11.5. The lowest BCUT2D eigenvalue weighted by Crippen LogP contribution is -2.12. The fourth-order valence-electron chi connectivity index (χ4n) is 1.97. The Morgan fingerprint density at radius 1 is 0.909 bits per heavy atom. The zero-order chi connectivity index (χ0) is 15.8. The summed E-state index contributed by atoms with van der Waals surface area (Å²) in [5, 5.41) is 0. The Morgan fingerprint density at radius 2 is 1.59 bits per heavy atom. The average Bonchev–Trinajstić information content (AvgIpc) is 2.53. The predicted molar refractivity (Wildman–Crippen MR) is 86.3 cm³/mol. The first-order valence-electron chi connectivity index (χ1n) is 7.22. The Bertz CT molecular complexity index is 664. The maximum Gasteiger partial charge on any atom is 0.267 e. The van der Waals surface area contributed by atoms with Crippen molar-refractivity contribution in [2.24, 2.45) is 0 Å². The smallest absolute Gasteiger partial charge is 0.267 e. The van der Waals surface area contributed by atoms with Gasteiger partial charge in [-0.3, -0.25) is 4.18 Å². The van der Waals surface area contributed by atoms with Crippen LogP contribution in [0.3, 0.4) is 0 Å². The van der Waals surface area contributed by atoms with E-state index in [1.54, 1.807) is 6.92 Å². The van der Waals surface area contributed by atoms with Crippen molar-refractivity contribution in [2.45, 2.75) is 20.0 Å². The second-order valence-corrected chi connectivity index (χ2v) is 6.60. The molecule has 0 radical (unpaired) electrons. The Hall–Kier alpha value is -1.85. The van der Waals surface area contributed by atoms with Crippen LogP contribution in [0, 0.1) is 0 Å². The van der Waals surface area contributed by atoms with E-state index in [1.807, 2.05) is 54.6 Å². The molecule has 0 bridgehead atoms. The quantitative estimate of drug-likeness (QED) is 0.701. The second-order valence-electron chi connectivity index (χ2n) is 4.84. The molecule has 0 fully saturated rings. The molecule has 0 aliphatic rings. The lowest BCUT2D eigenvalue weighted by atomic mass is 10.2. The van der Waals surface area contributed by atoms with E-state index in [0.29, 0.717) is 13.0 Å². The topological polar surface area (TPSA) is 52.6 Å². The van der Waals surface area contributed by atoms with Crippen molar-refractivity contribution in [1.29, 1.82) is 0 Å². The van der Waals surface area contributed by atoms with Gasteiger partial charge in [-0.1, -0.05) is 42.5 Å². The predicted octanol–water partition coefficient (Wildman–Crippen LogP) is 3.17. The van der Waals surface area contributed by atoms with E-state index in [4.69, 9.17) is 8.92 Å². The van der Waals surface area contributed by atoms with Crippen molar-refractivity contribution in [3.8, 4) is 5.75 Å². The highest BCUT2D eigenvalue weighted by atomic mass is 32.2. The van der Waals surface area contributed by atoms with E-state index in [0.717, 1.165) is 16.9 Å². The number of hydrogen-bond acceptors (Lipinski definition) is 4. The van der Waals surface area contributed by atoms with Crippen molar-refractivity contribution in [2.75, 3.05) is 12.4 Å². The van der Waals surface area contributed by atoms with Gasteiger partial charge in [0, 0.05) is 0 Å². The summed E-state index contributed by atoms with van der Waals surface area (Å²) < 4.78 is 33.4. The second kappa shape index (κ2) is 7.96. The van der Waals surface area contributed by atoms with Crippen LogP contribution in [0.4, 0.5) is 0 Å². The fourth-order valence-corrected chi connectivity index (χ4v) is 2.94. The van der Waals surface area contributed by atoms with Crippen LogP contribution in [-0.2, 0) is 27.3 Å². The van der Waals surface area contributed by atoms with Crippen LogP contribution >= 0.6 is 0 Å². The molecule has 0 unspecified atom stereocenters. The molecule has 118 valence electrons. The zero-order valence-electron chi connectivity index (χ0n) is 12.6. The zero-order valence-corrected chi connectivity index (χ0v) is 13.4. The molecule has 0 amide bonds. The van der Waals surface area contributed by atoms with Crippen molar-refractivity contribution in [1.82, 2.24) is 0 Å². The van der Waals surface area contributed by atoms with Gasteiger partial charge >= 0.3 is 0 Å². The third-order valence-corrected chi connectivity index (χ3v) is 4.41. The van der Waals surface area contributed by atoms with Crippen LogP contribution in [0.2, 0.25) is 0 Å². The van der Waals surface area contributed by atoms with Gasteiger partial charge in [-0.15, -0.1) is 0 Å². The highest BCUT2D eigenvalue weighted by molar-refractivity contribution is 7.86. The fraction of sp³-hybridized carbons (Fsp3) is 0.294. The molecule has 22 heavy (non-hydrogen) atoms. The van der Waals surface area contributed by atoms with Crippen molar-refractivity contribution >= 4 is 10.1 Å². The Morgan fingerprint density at radius 3 is 2.23 bits per heavy atom. The molecule has 5 heteroatoms. The van der Waals surface area contributed by atoms with Gasteiger partial charge < -0.3 is 4.74 Å². The summed E-state index contributed by atoms with van der Waals surface area (Å²) in [5.41, 5.74) is 2.05. The Kier molecular flexibility index (Phi) is 5.98. The third kappa shape index (κ3) is 5.50. The first-order valence-corrected chi connectivity index (χ1v) is 8.79. The normalized spacial score (nSPS) is 11.3. The molecule has 0 N–H and O–H groups in total. The summed E-state index contributed by atoms with van der Waals surface area (Å²) in [4.78, 5) is 0. The maximum absolute atomic E-state index is 11.5. The number of aryl methyl sites for hydroxylation is 1. The average molecular weight is 320 g/mol. The largest absolute Gasteiger partial charge is 0.489 e. The SMILES string of the molecule is CCOS(=O)(=O)CCc1ccc(OCc2ccccc2)cc1. The molecule has 4 nitrogen and oxygen atoms in total. The summed E-state index contributed by atoms with van der Waals surface area (Å²) in [6, 6.07) is 17.4. The third-order valence-electron chi connectivity index (χ3n) is 3.11. The molecule has 0 saturated carbocycles. The van der Waals surface area contributed by atoms with Gasteiger partial charge in [0.05, 0.1) is 12.4 Å². The molecular formula is C17H20O4S. The van der Waals surface area contributed by atoms with Crippen LogP contribution in [-0.4, -0.2) is 20.8 Å². The molecule has 2 aromatic carbocycles. The van der Waals surface area contributed by atoms with Crippen molar-refractivity contribution in [3.05, 3.63) is 65.7 Å². The number of hydrogen-bond donors (Lipinski definition) is 0. The first-order chi connectivity index (χ1) is 10.6. The van der Waals surface area contributed by atoms with Gasteiger partial charge in [0.1, 0.15) is 12.4 Å². The molecule has 2 aromatic rings. The lowest BCUT2D eigenvalue weighted by molar-refractivity contribution is 0.306. The molecule has 0 aliphatic heterocycles. The van der Waals surface area contributed by atoms with E-state index in [-0.39, 0.29) is 12.4 Å². The molecular weight excluding hydrogens is 300 g/mol. The number of ether oxygens (including phenoxy) is 1. The van der Waals surface area contributed by atoms with Gasteiger partial charge in [0.2, 0.25) is 0 Å². The summed E-state index contributed by atoms with van der Waals surface area (Å²) in [6.45, 7) is 2.35. The highest BCUT2D eigenvalue weighted by Gasteiger charge is 2.10. The molecule has 0 heterocycles. The molecule has 0 aliphatic carbocycles. The van der Waals surface area contributed by atoms with Gasteiger partial charge in [0.15, 0.2) is 0 Å². The molecule has 0 aromatic heterocycles. The van der Waals surface area contributed by atoms with E-state index in [1.165, 1.54) is 0 Å². The van der Waals surface area contributed by atoms with Gasteiger partial charge in [0.25, 0.3) is 10.1 Å². The monoisotopic (exact) mass is 320 g/mol. The molecule has 0 atom stereocenters. The van der Waals surface area contributed by atoms with Crippen LogP contribution in [0.25, 0.3) is 0 Å². The number of benzene rings is 2. The Labute approximate surface area is 131 Å².